The number of amides is 2. The molecule has 4 rings (SSSR count). The minimum absolute atomic E-state index is 0.0309. The molecule has 3 aromatic rings. The van der Waals surface area contributed by atoms with Crippen molar-refractivity contribution in [3.63, 3.8) is 0 Å². The standard InChI is InChI=1S/C20H20FN3O2S/c1-13-5-4-8-17-18(13)23-20(27-17)26-14-9-11-24(12-10-14)19(25)22-16-7-3-2-6-15(16)21/h2-8,14H,9-12H2,1H3,(H,22,25). The fraction of sp³-hybridized carbons (Fsp3) is 0.300. The molecule has 1 N–H and O–H groups in total. The summed E-state index contributed by atoms with van der Waals surface area (Å²) in [4.78, 5) is 18.6. The second-order valence-corrected chi connectivity index (χ2v) is 7.61. The normalized spacial score (nSPS) is 15.1. The van der Waals surface area contributed by atoms with E-state index >= 15 is 0 Å². The predicted octanol–water partition coefficient (Wildman–Crippen LogP) is 4.82. The van der Waals surface area contributed by atoms with Crippen molar-refractivity contribution in [2.75, 3.05) is 18.4 Å². The molecule has 1 saturated heterocycles. The molecule has 0 radical (unpaired) electrons. The third kappa shape index (κ3) is 3.88. The van der Waals surface area contributed by atoms with Gasteiger partial charge in [-0.1, -0.05) is 35.6 Å². The molecule has 0 bridgehead atoms. The molecule has 0 saturated carbocycles. The molecule has 0 atom stereocenters. The van der Waals surface area contributed by atoms with Crippen LogP contribution in [-0.4, -0.2) is 35.1 Å². The molecule has 7 heteroatoms. The van der Waals surface area contributed by atoms with Crippen molar-refractivity contribution in [2.24, 2.45) is 0 Å². The number of likely N-dealkylation sites (tertiary alicyclic amines) is 1. The van der Waals surface area contributed by atoms with Gasteiger partial charge in [-0.15, -0.1) is 0 Å². The van der Waals surface area contributed by atoms with Crippen molar-refractivity contribution >= 4 is 33.3 Å². The number of carbonyl (C=O) groups excluding carboxylic acids is 1. The molecule has 27 heavy (non-hydrogen) atoms. The summed E-state index contributed by atoms with van der Waals surface area (Å²) in [6, 6.07) is 12.0. The van der Waals surface area contributed by atoms with Gasteiger partial charge >= 0.3 is 6.03 Å². The van der Waals surface area contributed by atoms with Crippen LogP contribution in [0.2, 0.25) is 0 Å². The number of aromatic nitrogens is 1. The van der Waals surface area contributed by atoms with Gasteiger partial charge in [0.25, 0.3) is 5.19 Å². The monoisotopic (exact) mass is 385 g/mol. The average Bonchev–Trinajstić information content (AvgIpc) is 3.08. The van der Waals surface area contributed by atoms with Gasteiger partial charge in [0.15, 0.2) is 0 Å². The van der Waals surface area contributed by atoms with E-state index < -0.39 is 5.82 Å². The second kappa shape index (κ2) is 7.52. The number of benzene rings is 2. The number of nitrogens with one attached hydrogen (secondary N) is 1. The number of hydrogen-bond acceptors (Lipinski definition) is 4. The predicted molar refractivity (Wildman–Crippen MR) is 105 cm³/mol. The number of urea groups is 1. The molecule has 1 aromatic heterocycles. The van der Waals surface area contributed by atoms with Crippen LogP contribution in [0.3, 0.4) is 0 Å². The van der Waals surface area contributed by atoms with Gasteiger partial charge in [0.05, 0.1) is 15.9 Å². The Kier molecular flexibility index (Phi) is 4.94. The van der Waals surface area contributed by atoms with E-state index in [1.165, 1.54) is 6.07 Å². The number of aryl methyl sites for hydroxylation is 1. The van der Waals surface area contributed by atoms with E-state index in [2.05, 4.69) is 10.3 Å². The minimum atomic E-state index is -0.435. The van der Waals surface area contributed by atoms with Gasteiger partial charge in [0.1, 0.15) is 11.9 Å². The summed E-state index contributed by atoms with van der Waals surface area (Å²) < 4.78 is 20.8. The van der Waals surface area contributed by atoms with Gasteiger partial charge in [-0.25, -0.2) is 14.2 Å². The molecular formula is C20H20FN3O2S. The number of fused-ring (bicyclic) bond motifs is 1. The van der Waals surface area contributed by atoms with Crippen LogP contribution < -0.4 is 10.1 Å². The van der Waals surface area contributed by atoms with Crippen molar-refractivity contribution in [1.29, 1.82) is 0 Å². The highest BCUT2D eigenvalue weighted by atomic mass is 32.1. The number of halogens is 1. The molecule has 140 valence electrons. The Morgan fingerprint density at radius 1 is 1.22 bits per heavy atom. The van der Waals surface area contributed by atoms with Gasteiger partial charge in [-0.3, -0.25) is 0 Å². The molecule has 1 aliphatic heterocycles. The van der Waals surface area contributed by atoms with Crippen LogP contribution in [-0.2, 0) is 0 Å². The number of ether oxygens (including phenoxy) is 1. The SMILES string of the molecule is Cc1cccc2sc(OC3CCN(C(=O)Nc4ccccc4F)CC3)nc12. The molecule has 1 fully saturated rings. The van der Waals surface area contributed by atoms with Crippen LogP contribution in [0.15, 0.2) is 42.5 Å². The largest absolute Gasteiger partial charge is 0.467 e. The number of anilines is 1. The summed E-state index contributed by atoms with van der Waals surface area (Å²) in [5, 5.41) is 3.30. The number of para-hydroxylation sites is 2. The van der Waals surface area contributed by atoms with Crippen LogP contribution in [0.1, 0.15) is 18.4 Å². The van der Waals surface area contributed by atoms with Crippen LogP contribution in [0.25, 0.3) is 10.2 Å². The lowest BCUT2D eigenvalue weighted by atomic mass is 10.1. The lowest BCUT2D eigenvalue weighted by Crippen LogP contribution is -2.43. The second-order valence-electron chi connectivity index (χ2n) is 6.62. The van der Waals surface area contributed by atoms with E-state index in [0.29, 0.717) is 18.3 Å². The van der Waals surface area contributed by atoms with E-state index in [4.69, 9.17) is 4.74 Å². The topological polar surface area (TPSA) is 54.5 Å². The fourth-order valence-corrected chi connectivity index (χ4v) is 4.15. The molecule has 0 spiro atoms. The third-order valence-electron chi connectivity index (χ3n) is 4.71. The molecule has 0 aliphatic carbocycles. The van der Waals surface area contributed by atoms with E-state index in [1.54, 1.807) is 34.4 Å². The first kappa shape index (κ1) is 17.7. The average molecular weight is 385 g/mol. The number of nitrogens with zero attached hydrogens (tertiary/aromatic N) is 2. The molecular weight excluding hydrogens is 365 g/mol. The van der Waals surface area contributed by atoms with Crippen LogP contribution in [0.4, 0.5) is 14.9 Å². The molecule has 2 heterocycles. The summed E-state index contributed by atoms with van der Waals surface area (Å²) in [7, 11) is 0. The van der Waals surface area contributed by atoms with Gasteiger partial charge in [0, 0.05) is 25.9 Å². The Morgan fingerprint density at radius 2 is 2.00 bits per heavy atom. The van der Waals surface area contributed by atoms with Gasteiger partial charge in [-0.05, 0) is 30.7 Å². The first-order valence-corrected chi connectivity index (χ1v) is 9.75. The highest BCUT2D eigenvalue weighted by Crippen LogP contribution is 2.31. The van der Waals surface area contributed by atoms with E-state index in [0.717, 1.165) is 28.6 Å². The van der Waals surface area contributed by atoms with Gasteiger partial charge < -0.3 is 15.0 Å². The van der Waals surface area contributed by atoms with Crippen molar-refractivity contribution in [3.05, 3.63) is 53.8 Å². The maximum atomic E-state index is 13.7. The maximum Gasteiger partial charge on any atom is 0.321 e. The van der Waals surface area contributed by atoms with Gasteiger partial charge in [-0.2, -0.15) is 0 Å². The van der Waals surface area contributed by atoms with Crippen LogP contribution in [0, 0.1) is 12.7 Å². The van der Waals surface area contributed by atoms with E-state index in [-0.39, 0.29) is 17.8 Å². The number of piperidine rings is 1. The minimum Gasteiger partial charge on any atom is -0.467 e. The van der Waals surface area contributed by atoms with E-state index in [9.17, 15) is 9.18 Å². The maximum absolute atomic E-state index is 13.7. The first-order valence-electron chi connectivity index (χ1n) is 8.93. The van der Waals surface area contributed by atoms with E-state index in [1.807, 2.05) is 25.1 Å². The third-order valence-corrected chi connectivity index (χ3v) is 5.62. The smallest absolute Gasteiger partial charge is 0.321 e. The van der Waals surface area contributed by atoms with Crippen molar-refractivity contribution < 1.29 is 13.9 Å². The summed E-state index contributed by atoms with van der Waals surface area (Å²) >= 11 is 1.55. The Morgan fingerprint density at radius 3 is 2.74 bits per heavy atom. The van der Waals surface area contributed by atoms with Crippen molar-refractivity contribution in [2.45, 2.75) is 25.9 Å². The number of carbonyl (C=O) groups is 1. The molecule has 5 nitrogen and oxygen atoms in total. The Bertz CT molecular complexity index is 967. The number of hydrogen-bond donors (Lipinski definition) is 1. The fourth-order valence-electron chi connectivity index (χ4n) is 3.19. The molecule has 0 unspecified atom stereocenters. The number of rotatable bonds is 3. The Balaban J connectivity index is 1.33. The summed E-state index contributed by atoms with van der Waals surface area (Å²) in [6.45, 7) is 3.17. The zero-order valence-corrected chi connectivity index (χ0v) is 15.8. The Hall–Kier alpha value is -2.67. The zero-order valence-electron chi connectivity index (χ0n) is 14.9. The highest BCUT2D eigenvalue weighted by Gasteiger charge is 2.25. The molecule has 2 aromatic carbocycles. The van der Waals surface area contributed by atoms with Crippen LogP contribution >= 0.6 is 11.3 Å². The number of thiazole rings is 1. The first-order chi connectivity index (χ1) is 13.1. The van der Waals surface area contributed by atoms with Crippen molar-refractivity contribution in [3.8, 4) is 5.19 Å². The summed E-state index contributed by atoms with van der Waals surface area (Å²) in [6.07, 6.45) is 1.47. The molecule has 2 amide bonds. The lowest BCUT2D eigenvalue weighted by molar-refractivity contribution is 0.115. The zero-order chi connectivity index (χ0) is 18.8. The highest BCUT2D eigenvalue weighted by molar-refractivity contribution is 7.20. The van der Waals surface area contributed by atoms with Crippen molar-refractivity contribution in [1.82, 2.24) is 9.88 Å². The molecule has 1 aliphatic rings. The Labute approximate surface area is 160 Å². The summed E-state index contributed by atoms with van der Waals surface area (Å²) in [5.41, 5.74) is 2.32. The van der Waals surface area contributed by atoms with Gasteiger partial charge in [0.2, 0.25) is 0 Å². The quantitative estimate of drug-likeness (QED) is 0.703. The van der Waals surface area contributed by atoms with Crippen LogP contribution in [0.5, 0.6) is 5.19 Å². The lowest BCUT2D eigenvalue weighted by Gasteiger charge is -2.31. The summed E-state index contributed by atoms with van der Waals surface area (Å²) in [5.74, 6) is -0.435.